The number of hydrogen-bond acceptors (Lipinski definition) is 2. The van der Waals surface area contributed by atoms with Gasteiger partial charge >= 0.3 is 0 Å². The fraction of sp³-hybridized carbons (Fsp3) is 0.882. The Labute approximate surface area is 120 Å². The quantitative estimate of drug-likeness (QED) is 0.691. The van der Waals surface area contributed by atoms with Crippen LogP contribution in [0.1, 0.15) is 57.8 Å². The van der Waals surface area contributed by atoms with Gasteiger partial charge in [-0.15, -0.1) is 0 Å². The summed E-state index contributed by atoms with van der Waals surface area (Å²) in [5.74, 6) is 3.82. The molecule has 0 aromatic heterocycles. The number of hydrogen-bond donors (Lipinski definition) is 1. The summed E-state index contributed by atoms with van der Waals surface area (Å²) < 4.78 is 0. The van der Waals surface area contributed by atoms with Gasteiger partial charge in [0.15, 0.2) is 0 Å². The molecule has 1 N–H and O–H groups in total. The first-order valence-electron chi connectivity index (χ1n) is 8.57. The van der Waals surface area contributed by atoms with Gasteiger partial charge < -0.3 is 0 Å². The van der Waals surface area contributed by atoms with Crippen LogP contribution in [-0.2, 0) is 9.59 Å². The molecule has 0 spiro atoms. The van der Waals surface area contributed by atoms with Crippen LogP contribution < -0.4 is 5.32 Å². The van der Waals surface area contributed by atoms with Crippen LogP contribution in [0.3, 0.4) is 0 Å². The molecule has 4 aliphatic rings. The predicted octanol–water partition coefficient (Wildman–Crippen LogP) is 2.89. The van der Waals surface area contributed by atoms with Gasteiger partial charge in [-0.1, -0.05) is 19.3 Å². The molecule has 0 radical (unpaired) electrons. The second kappa shape index (κ2) is 4.85. The highest BCUT2D eigenvalue weighted by Crippen LogP contribution is 2.55. The van der Waals surface area contributed by atoms with Gasteiger partial charge in [-0.25, -0.2) is 0 Å². The maximum Gasteiger partial charge on any atom is 0.229 e. The van der Waals surface area contributed by atoms with Crippen molar-refractivity contribution in [2.24, 2.45) is 35.5 Å². The van der Waals surface area contributed by atoms with Crippen molar-refractivity contribution in [2.45, 2.75) is 57.8 Å². The van der Waals surface area contributed by atoms with E-state index in [1.165, 1.54) is 44.9 Å². The molecule has 110 valence electrons. The van der Waals surface area contributed by atoms with E-state index in [0.717, 1.165) is 24.2 Å². The minimum absolute atomic E-state index is 0.0236. The zero-order valence-electron chi connectivity index (χ0n) is 12.1. The number of carbonyl (C=O) groups is 2. The van der Waals surface area contributed by atoms with Crippen LogP contribution in [0.15, 0.2) is 0 Å². The number of amides is 2. The summed E-state index contributed by atoms with van der Waals surface area (Å²) in [6.07, 6.45) is 11.1. The van der Waals surface area contributed by atoms with Crippen LogP contribution in [0.4, 0.5) is 0 Å². The molecule has 1 aliphatic heterocycles. The van der Waals surface area contributed by atoms with Crippen LogP contribution in [0.2, 0.25) is 0 Å². The average Bonchev–Trinajstić information content (AvgIpc) is 2.46. The largest absolute Gasteiger partial charge is 0.296 e. The van der Waals surface area contributed by atoms with Crippen molar-refractivity contribution in [2.75, 3.05) is 0 Å². The topological polar surface area (TPSA) is 46.2 Å². The van der Waals surface area contributed by atoms with E-state index >= 15 is 0 Å². The maximum atomic E-state index is 12.1. The van der Waals surface area contributed by atoms with Crippen molar-refractivity contribution in [1.29, 1.82) is 0 Å². The zero-order valence-corrected chi connectivity index (χ0v) is 12.1. The highest BCUT2D eigenvalue weighted by atomic mass is 16.2. The smallest absolute Gasteiger partial charge is 0.229 e. The molecule has 4 rings (SSSR count). The standard InChI is InChI=1S/C17H25NO2/c19-16-9-15-13-6-5-10-3-1-2-4-11(10)12(13)7-8-14(15)17(20)18-16/h10-15H,1-9H2,(H,18,19,20). The lowest BCUT2D eigenvalue weighted by molar-refractivity contribution is -0.145. The summed E-state index contributed by atoms with van der Waals surface area (Å²) in [6.45, 7) is 0. The van der Waals surface area contributed by atoms with E-state index < -0.39 is 0 Å². The second-order valence-electron chi connectivity index (χ2n) is 7.58. The molecule has 3 nitrogen and oxygen atoms in total. The lowest BCUT2D eigenvalue weighted by Crippen LogP contribution is -2.53. The first kappa shape index (κ1) is 12.8. The summed E-state index contributed by atoms with van der Waals surface area (Å²) in [7, 11) is 0. The molecule has 1 saturated heterocycles. The number of nitrogens with one attached hydrogen (secondary N) is 1. The van der Waals surface area contributed by atoms with Crippen molar-refractivity contribution in [3.05, 3.63) is 0 Å². The Bertz CT molecular complexity index is 433. The third-order valence-corrected chi connectivity index (χ3v) is 6.84. The van der Waals surface area contributed by atoms with E-state index in [9.17, 15) is 9.59 Å². The summed E-state index contributed by atoms with van der Waals surface area (Å²) >= 11 is 0. The Balaban J connectivity index is 1.58. The van der Waals surface area contributed by atoms with Gasteiger partial charge in [0.05, 0.1) is 0 Å². The fourth-order valence-corrected chi connectivity index (χ4v) is 6.06. The minimum Gasteiger partial charge on any atom is -0.296 e. The summed E-state index contributed by atoms with van der Waals surface area (Å²) in [6, 6.07) is 0. The van der Waals surface area contributed by atoms with Gasteiger partial charge in [-0.3, -0.25) is 14.9 Å². The zero-order chi connectivity index (χ0) is 13.7. The Morgan fingerprint density at radius 2 is 1.50 bits per heavy atom. The molecular weight excluding hydrogens is 250 g/mol. The van der Waals surface area contributed by atoms with Gasteiger partial charge in [0, 0.05) is 12.3 Å². The van der Waals surface area contributed by atoms with E-state index in [1.807, 2.05) is 0 Å². The highest BCUT2D eigenvalue weighted by Gasteiger charge is 2.51. The van der Waals surface area contributed by atoms with Crippen molar-refractivity contribution in [3.8, 4) is 0 Å². The molecular formula is C17H25NO2. The first-order valence-corrected chi connectivity index (χ1v) is 8.57. The van der Waals surface area contributed by atoms with Gasteiger partial charge in [-0.05, 0) is 61.7 Å². The summed E-state index contributed by atoms with van der Waals surface area (Å²) in [5.41, 5.74) is 0. The molecule has 0 aromatic rings. The number of fused-ring (bicyclic) bond motifs is 5. The average molecular weight is 275 g/mol. The third kappa shape index (κ3) is 1.93. The minimum atomic E-state index is -0.0253. The van der Waals surface area contributed by atoms with Crippen molar-refractivity contribution in [3.63, 3.8) is 0 Å². The second-order valence-corrected chi connectivity index (χ2v) is 7.58. The third-order valence-electron chi connectivity index (χ3n) is 6.84. The summed E-state index contributed by atoms with van der Waals surface area (Å²) in [5, 5.41) is 2.55. The number of imide groups is 1. The van der Waals surface area contributed by atoms with E-state index in [1.54, 1.807) is 0 Å². The normalized spacial score (nSPS) is 47.8. The highest BCUT2D eigenvalue weighted by molar-refractivity contribution is 5.99. The molecule has 3 heteroatoms. The summed E-state index contributed by atoms with van der Waals surface area (Å²) in [4.78, 5) is 23.8. The Morgan fingerprint density at radius 1 is 0.750 bits per heavy atom. The Morgan fingerprint density at radius 3 is 2.40 bits per heavy atom. The van der Waals surface area contributed by atoms with E-state index in [2.05, 4.69) is 5.32 Å². The number of piperidine rings is 1. The van der Waals surface area contributed by atoms with Crippen LogP contribution >= 0.6 is 0 Å². The lowest BCUT2D eigenvalue weighted by atomic mass is 9.52. The molecule has 0 bridgehead atoms. The number of carbonyl (C=O) groups excluding carboxylic acids is 2. The molecule has 20 heavy (non-hydrogen) atoms. The molecule has 2 amide bonds. The monoisotopic (exact) mass is 275 g/mol. The maximum absolute atomic E-state index is 12.1. The molecule has 6 atom stereocenters. The fourth-order valence-electron chi connectivity index (χ4n) is 6.06. The number of rotatable bonds is 0. The lowest BCUT2D eigenvalue weighted by Gasteiger charge is -2.53. The SMILES string of the molecule is O=C1CC2C(CCC3C4CCCCC4CCC23)C(=O)N1. The molecule has 6 unspecified atom stereocenters. The molecule has 4 fully saturated rings. The first-order chi connectivity index (χ1) is 9.74. The Kier molecular flexibility index (Phi) is 3.12. The van der Waals surface area contributed by atoms with E-state index in [0.29, 0.717) is 18.3 Å². The van der Waals surface area contributed by atoms with Crippen molar-refractivity contribution >= 4 is 11.8 Å². The van der Waals surface area contributed by atoms with Crippen LogP contribution in [0.25, 0.3) is 0 Å². The van der Waals surface area contributed by atoms with Crippen LogP contribution in [-0.4, -0.2) is 11.8 Å². The van der Waals surface area contributed by atoms with Gasteiger partial charge in [-0.2, -0.15) is 0 Å². The van der Waals surface area contributed by atoms with Gasteiger partial charge in [0.1, 0.15) is 0 Å². The van der Waals surface area contributed by atoms with Crippen molar-refractivity contribution < 1.29 is 9.59 Å². The van der Waals surface area contributed by atoms with Gasteiger partial charge in [0.25, 0.3) is 0 Å². The predicted molar refractivity (Wildman–Crippen MR) is 75.6 cm³/mol. The molecule has 3 saturated carbocycles. The van der Waals surface area contributed by atoms with Crippen LogP contribution in [0.5, 0.6) is 0 Å². The van der Waals surface area contributed by atoms with E-state index in [-0.39, 0.29) is 17.7 Å². The van der Waals surface area contributed by atoms with Crippen molar-refractivity contribution in [1.82, 2.24) is 5.32 Å². The molecule has 1 heterocycles. The van der Waals surface area contributed by atoms with Crippen LogP contribution in [0, 0.1) is 35.5 Å². The van der Waals surface area contributed by atoms with Gasteiger partial charge in [0.2, 0.25) is 11.8 Å². The molecule has 0 aromatic carbocycles. The Hall–Kier alpha value is -0.860. The molecule has 3 aliphatic carbocycles. The van der Waals surface area contributed by atoms with E-state index in [4.69, 9.17) is 0 Å².